The van der Waals surface area contributed by atoms with Crippen molar-refractivity contribution in [3.05, 3.63) is 95.9 Å². The zero-order valence-corrected chi connectivity index (χ0v) is 18.9. The molecule has 35 heavy (non-hydrogen) atoms. The summed E-state index contributed by atoms with van der Waals surface area (Å²) < 4.78 is 5.29. The van der Waals surface area contributed by atoms with Crippen LogP contribution in [0.15, 0.2) is 95.9 Å². The van der Waals surface area contributed by atoms with Gasteiger partial charge in [0, 0.05) is 24.2 Å². The zero-order valence-electron chi connectivity index (χ0n) is 18.9. The Hall–Kier alpha value is -4.28. The molecule has 0 bridgehead atoms. The Morgan fingerprint density at radius 2 is 1.37 bits per heavy atom. The topological polar surface area (TPSA) is 174 Å². The van der Waals surface area contributed by atoms with Crippen LogP contribution in [0.5, 0.6) is 0 Å². The van der Waals surface area contributed by atoms with Crippen LogP contribution in [0, 0.1) is 0 Å². The first-order valence-electron chi connectivity index (χ1n) is 10.8. The fourth-order valence-corrected chi connectivity index (χ4v) is 2.68. The molecule has 2 aliphatic rings. The number of carbonyl (C=O) groups excluding carboxylic acids is 3. The second-order valence-electron chi connectivity index (χ2n) is 7.39. The van der Waals surface area contributed by atoms with E-state index >= 15 is 0 Å². The number of carboxylic acids is 1. The fraction of sp³-hybridized carbons (Fsp3) is 0.200. The van der Waals surface area contributed by atoms with E-state index in [0.717, 1.165) is 0 Å². The zero-order chi connectivity index (χ0) is 25.6. The van der Waals surface area contributed by atoms with Gasteiger partial charge in [0.25, 0.3) is 11.8 Å². The van der Waals surface area contributed by atoms with Crippen molar-refractivity contribution in [2.45, 2.75) is 18.5 Å². The van der Waals surface area contributed by atoms with Gasteiger partial charge in [0.15, 0.2) is 0 Å². The van der Waals surface area contributed by atoms with Crippen LogP contribution in [0.2, 0.25) is 0 Å². The molecule has 2 rings (SSSR count). The monoisotopic (exact) mass is 480 g/mol. The van der Waals surface area contributed by atoms with Crippen molar-refractivity contribution in [1.29, 1.82) is 0 Å². The van der Waals surface area contributed by atoms with Crippen LogP contribution in [-0.4, -0.2) is 54.0 Å². The lowest BCUT2D eigenvalue weighted by atomic mass is 10.1. The first-order valence-corrected chi connectivity index (χ1v) is 10.8. The minimum atomic E-state index is -1.15. The average Bonchev–Trinajstić information content (AvgIpc) is 2.78. The van der Waals surface area contributed by atoms with Gasteiger partial charge in [-0.2, -0.15) is 0 Å². The summed E-state index contributed by atoms with van der Waals surface area (Å²) in [5.41, 5.74) is 11.9. The Morgan fingerprint density at radius 1 is 0.771 bits per heavy atom. The summed E-state index contributed by atoms with van der Waals surface area (Å²) in [6.07, 6.45) is 21.2. The summed E-state index contributed by atoms with van der Waals surface area (Å²) in [4.78, 5) is 47.7. The standard InChI is InChI=1S/C25H28N4O6/c26-20(24(32)33)14-15-28-22(30)18-10-6-7-11-19(13-12-18)35-25(34)21(27)16-29-23(31)17-8-4-2-1-3-5-9-17/h1-13,20-21H,14-16,26-27H2,(H,28,30)(H,29,31)(H,32,33)/b2-1-,3-1?,4-2?,5-3-,7-6-,8-4-,9-5?,10-6?,11-7?,13-12-,17-8?,17-9+,18-10+,18-12?,19-11+,19-13?/t20?,21-/m0/s1. The Labute approximate surface area is 202 Å². The van der Waals surface area contributed by atoms with Crippen LogP contribution >= 0.6 is 0 Å². The Morgan fingerprint density at radius 3 is 2.11 bits per heavy atom. The number of allylic oxidation sites excluding steroid dienone is 11. The molecule has 0 radical (unpaired) electrons. The van der Waals surface area contributed by atoms with Gasteiger partial charge in [0.05, 0.1) is 0 Å². The second-order valence-corrected chi connectivity index (χ2v) is 7.39. The summed E-state index contributed by atoms with van der Waals surface area (Å²) >= 11 is 0. The third-order valence-corrected chi connectivity index (χ3v) is 4.66. The predicted octanol–water partition coefficient (Wildman–Crippen LogP) is 0.436. The van der Waals surface area contributed by atoms with E-state index in [4.69, 9.17) is 21.3 Å². The normalized spacial score (nSPS) is 25.4. The average molecular weight is 481 g/mol. The van der Waals surface area contributed by atoms with Gasteiger partial charge in [-0.15, -0.1) is 0 Å². The quantitative estimate of drug-likeness (QED) is 0.280. The van der Waals surface area contributed by atoms with E-state index in [-0.39, 0.29) is 36.7 Å². The van der Waals surface area contributed by atoms with Gasteiger partial charge in [-0.1, -0.05) is 42.5 Å². The highest BCUT2D eigenvalue weighted by Crippen LogP contribution is 2.10. The van der Waals surface area contributed by atoms with Crippen molar-refractivity contribution < 1.29 is 29.0 Å². The number of nitrogens with two attached hydrogens (primary N) is 2. The van der Waals surface area contributed by atoms with Crippen LogP contribution in [0.25, 0.3) is 0 Å². The van der Waals surface area contributed by atoms with E-state index in [9.17, 15) is 19.2 Å². The lowest BCUT2D eigenvalue weighted by Gasteiger charge is -2.13. The van der Waals surface area contributed by atoms with Gasteiger partial charge in [-0.25, -0.2) is 4.79 Å². The maximum atomic E-state index is 12.4. The van der Waals surface area contributed by atoms with E-state index in [1.54, 1.807) is 54.7 Å². The highest BCUT2D eigenvalue weighted by molar-refractivity contribution is 5.97. The molecule has 1 unspecified atom stereocenters. The number of carbonyl (C=O) groups is 4. The predicted molar refractivity (Wildman–Crippen MR) is 130 cm³/mol. The molecule has 2 aliphatic carbocycles. The van der Waals surface area contributed by atoms with Gasteiger partial charge in [0.2, 0.25) is 0 Å². The maximum Gasteiger partial charge on any atom is 0.330 e. The Kier molecular flexibility index (Phi) is 10.9. The van der Waals surface area contributed by atoms with Crippen molar-refractivity contribution in [3.63, 3.8) is 0 Å². The molecule has 0 heterocycles. The largest absolute Gasteiger partial charge is 0.480 e. The summed E-state index contributed by atoms with van der Waals surface area (Å²) in [5.74, 6) is -2.61. The van der Waals surface area contributed by atoms with Gasteiger partial charge >= 0.3 is 11.9 Å². The molecule has 0 aromatic rings. The van der Waals surface area contributed by atoms with Gasteiger partial charge in [-0.3, -0.25) is 14.4 Å². The highest BCUT2D eigenvalue weighted by atomic mass is 16.5. The molecule has 10 nitrogen and oxygen atoms in total. The van der Waals surface area contributed by atoms with Crippen LogP contribution in [0.1, 0.15) is 6.42 Å². The molecule has 0 spiro atoms. The Balaban J connectivity index is 1.86. The molecule has 0 fully saturated rings. The number of amides is 2. The van der Waals surface area contributed by atoms with Crippen LogP contribution in [-0.2, 0) is 23.9 Å². The number of hydrogen-bond donors (Lipinski definition) is 5. The molecule has 2 atom stereocenters. The highest BCUT2D eigenvalue weighted by Gasteiger charge is 2.18. The van der Waals surface area contributed by atoms with E-state index in [1.807, 2.05) is 6.08 Å². The molecule has 0 saturated carbocycles. The first kappa shape index (κ1) is 27.0. The summed E-state index contributed by atoms with van der Waals surface area (Å²) in [6, 6.07) is -2.19. The van der Waals surface area contributed by atoms with Gasteiger partial charge in [-0.05, 0) is 42.9 Å². The minimum Gasteiger partial charge on any atom is -0.480 e. The number of rotatable bonds is 10. The molecule has 10 heteroatoms. The van der Waals surface area contributed by atoms with E-state index in [1.165, 1.54) is 18.2 Å². The van der Waals surface area contributed by atoms with Crippen molar-refractivity contribution in [2.24, 2.45) is 11.5 Å². The van der Waals surface area contributed by atoms with Crippen LogP contribution in [0.4, 0.5) is 0 Å². The smallest absolute Gasteiger partial charge is 0.330 e. The molecule has 184 valence electrons. The first-order chi connectivity index (χ1) is 16.8. The molecular formula is C25H28N4O6. The number of esters is 1. The molecule has 0 saturated heterocycles. The van der Waals surface area contributed by atoms with Gasteiger partial charge in [0.1, 0.15) is 17.8 Å². The third-order valence-electron chi connectivity index (χ3n) is 4.66. The minimum absolute atomic E-state index is 0.0758. The van der Waals surface area contributed by atoms with E-state index in [0.29, 0.717) is 5.57 Å². The Bertz CT molecular complexity index is 1080. The summed E-state index contributed by atoms with van der Waals surface area (Å²) in [5, 5.41) is 14.0. The molecule has 7 N–H and O–H groups in total. The summed E-state index contributed by atoms with van der Waals surface area (Å²) in [6.45, 7) is -0.0552. The van der Waals surface area contributed by atoms with Crippen LogP contribution in [0.3, 0.4) is 0 Å². The molecule has 0 aromatic heterocycles. The van der Waals surface area contributed by atoms with E-state index in [2.05, 4.69) is 10.6 Å². The lowest BCUT2D eigenvalue weighted by molar-refractivity contribution is -0.140. The van der Waals surface area contributed by atoms with Crippen molar-refractivity contribution in [2.75, 3.05) is 13.1 Å². The maximum absolute atomic E-state index is 12.4. The molecule has 0 aliphatic heterocycles. The molecule has 0 aromatic carbocycles. The molecule has 2 amide bonds. The van der Waals surface area contributed by atoms with Crippen molar-refractivity contribution in [1.82, 2.24) is 10.6 Å². The SMILES string of the molecule is NC(CCNC(=O)C1=C/C=C\C=C(OC(=O)[C@@H](N)CNC(=O)C2=C/C=C\C=C/C=C\2)/C=C\1)C(=O)O. The third kappa shape index (κ3) is 9.62. The number of hydrogen-bond acceptors (Lipinski definition) is 7. The number of ether oxygens (including phenoxy) is 1. The van der Waals surface area contributed by atoms with Crippen LogP contribution < -0.4 is 22.1 Å². The number of aliphatic carboxylic acids is 1. The number of nitrogens with one attached hydrogen (secondary N) is 2. The molecular weight excluding hydrogens is 452 g/mol. The lowest BCUT2D eigenvalue weighted by Crippen LogP contribution is -2.43. The fourth-order valence-electron chi connectivity index (χ4n) is 2.68. The number of carboxylic acid groups (broad SMARTS) is 1. The van der Waals surface area contributed by atoms with Crippen molar-refractivity contribution in [3.8, 4) is 0 Å². The van der Waals surface area contributed by atoms with Crippen molar-refractivity contribution >= 4 is 23.8 Å². The van der Waals surface area contributed by atoms with E-state index < -0.39 is 29.9 Å². The van der Waals surface area contributed by atoms with Gasteiger partial charge < -0.3 is 31.9 Å². The second kappa shape index (κ2) is 14.1. The summed E-state index contributed by atoms with van der Waals surface area (Å²) in [7, 11) is 0.